The first kappa shape index (κ1) is 20.8. The van der Waals surface area contributed by atoms with Crippen molar-refractivity contribution in [1.29, 1.82) is 0 Å². The lowest BCUT2D eigenvalue weighted by Crippen LogP contribution is -2.57. The highest BCUT2D eigenvalue weighted by molar-refractivity contribution is 14.0. The zero-order chi connectivity index (χ0) is 16.2. The van der Waals surface area contributed by atoms with E-state index in [1.807, 2.05) is 4.90 Å². The Hall–Kier alpha value is -0.290. The number of alkyl halides is 3. The predicted octanol–water partition coefficient (Wildman–Crippen LogP) is 1.93. The van der Waals surface area contributed by atoms with Crippen LogP contribution in [0.15, 0.2) is 4.99 Å². The van der Waals surface area contributed by atoms with Crippen molar-refractivity contribution in [1.82, 2.24) is 15.1 Å². The molecule has 0 aromatic heterocycles. The summed E-state index contributed by atoms with van der Waals surface area (Å²) in [7, 11) is 1.70. The Bertz CT molecular complexity index is 381. The Kier molecular flexibility index (Phi) is 8.36. The van der Waals surface area contributed by atoms with Crippen LogP contribution < -0.4 is 5.32 Å². The SMILES string of the molecule is CN=C(NCC1CCCO1)N1CCN(C(C)C(F)(F)F)CC1.I. The Labute approximate surface area is 152 Å². The van der Waals surface area contributed by atoms with E-state index in [1.54, 1.807) is 7.05 Å². The van der Waals surface area contributed by atoms with Crippen LogP contribution in [0.25, 0.3) is 0 Å². The summed E-state index contributed by atoms with van der Waals surface area (Å²) in [6.45, 7) is 4.60. The molecule has 2 rings (SSSR count). The number of rotatable bonds is 3. The van der Waals surface area contributed by atoms with Gasteiger partial charge >= 0.3 is 6.18 Å². The van der Waals surface area contributed by atoms with Crippen molar-refractivity contribution in [2.45, 2.75) is 38.1 Å². The molecule has 0 bridgehead atoms. The standard InChI is InChI=1S/C14H25F3N4O.HI/c1-11(14(15,16)17)20-5-7-21(8-6-20)13(18-2)19-10-12-4-3-9-22-12;/h11-12H,3-10H2,1-2H3,(H,18,19);1H. The summed E-state index contributed by atoms with van der Waals surface area (Å²) in [4.78, 5) is 7.71. The van der Waals surface area contributed by atoms with E-state index >= 15 is 0 Å². The summed E-state index contributed by atoms with van der Waals surface area (Å²) in [6, 6.07) is -1.39. The minimum Gasteiger partial charge on any atom is -0.376 e. The molecule has 2 aliphatic rings. The van der Waals surface area contributed by atoms with Crippen LogP contribution in [0.3, 0.4) is 0 Å². The molecule has 0 radical (unpaired) electrons. The lowest BCUT2D eigenvalue weighted by atomic mass is 10.2. The van der Waals surface area contributed by atoms with Gasteiger partial charge in [-0.05, 0) is 19.8 Å². The summed E-state index contributed by atoms with van der Waals surface area (Å²) < 4.78 is 43.8. The molecule has 0 amide bonds. The topological polar surface area (TPSA) is 40.1 Å². The fourth-order valence-corrected chi connectivity index (χ4v) is 2.87. The van der Waals surface area contributed by atoms with Gasteiger partial charge in [-0.2, -0.15) is 13.2 Å². The second-order valence-corrected chi connectivity index (χ2v) is 5.80. The lowest BCUT2D eigenvalue weighted by molar-refractivity contribution is -0.181. The minimum absolute atomic E-state index is 0. The molecular formula is C14H26F3IN4O. The molecule has 0 aliphatic carbocycles. The van der Waals surface area contributed by atoms with Crippen LogP contribution in [-0.2, 0) is 4.74 Å². The number of hydrogen-bond acceptors (Lipinski definition) is 3. The second kappa shape index (κ2) is 9.26. The molecule has 0 aromatic rings. The van der Waals surface area contributed by atoms with E-state index in [-0.39, 0.29) is 30.1 Å². The van der Waals surface area contributed by atoms with Crippen LogP contribution in [-0.4, -0.2) is 80.5 Å². The van der Waals surface area contributed by atoms with Crippen molar-refractivity contribution in [3.8, 4) is 0 Å². The number of guanidine groups is 1. The highest BCUT2D eigenvalue weighted by Crippen LogP contribution is 2.25. The molecule has 136 valence electrons. The lowest BCUT2D eigenvalue weighted by Gasteiger charge is -2.39. The summed E-state index contributed by atoms with van der Waals surface area (Å²) in [5.74, 6) is 0.745. The van der Waals surface area contributed by atoms with E-state index in [9.17, 15) is 13.2 Å². The molecule has 0 saturated carbocycles. The zero-order valence-corrected chi connectivity index (χ0v) is 15.9. The van der Waals surface area contributed by atoms with Gasteiger partial charge in [0.05, 0.1) is 6.10 Å². The van der Waals surface area contributed by atoms with E-state index in [1.165, 1.54) is 11.8 Å². The molecule has 2 atom stereocenters. The van der Waals surface area contributed by atoms with Gasteiger partial charge in [0.2, 0.25) is 0 Å². The van der Waals surface area contributed by atoms with Crippen LogP contribution in [0.1, 0.15) is 19.8 Å². The van der Waals surface area contributed by atoms with Crippen molar-refractivity contribution in [2.24, 2.45) is 4.99 Å². The molecule has 2 saturated heterocycles. The first-order valence-corrected chi connectivity index (χ1v) is 7.79. The Morgan fingerprint density at radius 1 is 1.30 bits per heavy atom. The minimum atomic E-state index is -4.16. The average molecular weight is 450 g/mol. The molecule has 2 unspecified atom stereocenters. The average Bonchev–Trinajstić information content (AvgIpc) is 3.00. The third kappa shape index (κ3) is 5.93. The molecule has 0 aromatic carbocycles. The highest BCUT2D eigenvalue weighted by atomic mass is 127. The summed E-state index contributed by atoms with van der Waals surface area (Å²) in [5, 5.41) is 3.27. The number of nitrogens with one attached hydrogen (secondary N) is 1. The third-order valence-electron chi connectivity index (χ3n) is 4.36. The smallest absolute Gasteiger partial charge is 0.376 e. The Balaban J connectivity index is 0.00000264. The van der Waals surface area contributed by atoms with Gasteiger partial charge in [0.15, 0.2) is 5.96 Å². The number of ether oxygens (including phenoxy) is 1. The molecule has 2 aliphatic heterocycles. The van der Waals surface area contributed by atoms with E-state index in [0.29, 0.717) is 32.7 Å². The maximum Gasteiger partial charge on any atom is 0.403 e. The summed E-state index contributed by atoms with van der Waals surface area (Å²) in [5.41, 5.74) is 0. The van der Waals surface area contributed by atoms with Gasteiger partial charge in [0, 0.05) is 46.4 Å². The molecule has 2 heterocycles. The summed E-state index contributed by atoms with van der Waals surface area (Å²) >= 11 is 0. The fraction of sp³-hybridized carbons (Fsp3) is 0.929. The monoisotopic (exact) mass is 450 g/mol. The van der Waals surface area contributed by atoms with Gasteiger partial charge in [-0.25, -0.2) is 0 Å². The van der Waals surface area contributed by atoms with Crippen molar-refractivity contribution in [2.75, 3.05) is 46.4 Å². The maximum absolute atomic E-state index is 12.7. The molecular weight excluding hydrogens is 424 g/mol. The van der Waals surface area contributed by atoms with Gasteiger partial charge < -0.3 is 15.0 Å². The van der Waals surface area contributed by atoms with Crippen LogP contribution in [0.4, 0.5) is 13.2 Å². The van der Waals surface area contributed by atoms with Gasteiger partial charge in [-0.15, -0.1) is 24.0 Å². The summed E-state index contributed by atoms with van der Waals surface area (Å²) in [6.07, 6.45) is -1.83. The molecule has 0 spiro atoms. The largest absolute Gasteiger partial charge is 0.403 e. The predicted molar refractivity (Wildman–Crippen MR) is 94.4 cm³/mol. The fourth-order valence-electron chi connectivity index (χ4n) is 2.87. The van der Waals surface area contributed by atoms with E-state index in [4.69, 9.17) is 4.74 Å². The highest BCUT2D eigenvalue weighted by Gasteiger charge is 2.41. The van der Waals surface area contributed by atoms with Crippen molar-refractivity contribution < 1.29 is 17.9 Å². The van der Waals surface area contributed by atoms with Gasteiger partial charge in [0.1, 0.15) is 6.04 Å². The number of nitrogens with zero attached hydrogens (tertiary/aromatic N) is 3. The molecule has 1 N–H and O–H groups in total. The van der Waals surface area contributed by atoms with E-state index < -0.39 is 12.2 Å². The van der Waals surface area contributed by atoms with Gasteiger partial charge in [-0.3, -0.25) is 9.89 Å². The second-order valence-electron chi connectivity index (χ2n) is 5.80. The van der Waals surface area contributed by atoms with Crippen molar-refractivity contribution in [3.05, 3.63) is 0 Å². The van der Waals surface area contributed by atoms with Crippen molar-refractivity contribution >= 4 is 29.9 Å². The first-order chi connectivity index (χ1) is 10.4. The zero-order valence-electron chi connectivity index (χ0n) is 13.6. The molecule has 23 heavy (non-hydrogen) atoms. The van der Waals surface area contributed by atoms with Gasteiger partial charge in [-0.1, -0.05) is 0 Å². The van der Waals surface area contributed by atoms with Crippen LogP contribution in [0.2, 0.25) is 0 Å². The maximum atomic E-state index is 12.7. The van der Waals surface area contributed by atoms with Crippen LogP contribution >= 0.6 is 24.0 Å². The normalized spacial score (nSPS) is 25.2. The van der Waals surface area contributed by atoms with E-state index in [2.05, 4.69) is 10.3 Å². The van der Waals surface area contributed by atoms with Crippen LogP contribution in [0.5, 0.6) is 0 Å². The number of hydrogen-bond donors (Lipinski definition) is 1. The number of halogens is 4. The first-order valence-electron chi connectivity index (χ1n) is 7.79. The molecule has 9 heteroatoms. The Morgan fingerprint density at radius 3 is 2.43 bits per heavy atom. The number of piperazine rings is 1. The Morgan fingerprint density at radius 2 is 1.96 bits per heavy atom. The van der Waals surface area contributed by atoms with Crippen molar-refractivity contribution in [3.63, 3.8) is 0 Å². The van der Waals surface area contributed by atoms with Gasteiger partial charge in [0.25, 0.3) is 0 Å². The van der Waals surface area contributed by atoms with E-state index in [0.717, 1.165) is 25.4 Å². The third-order valence-corrected chi connectivity index (χ3v) is 4.36. The molecule has 5 nitrogen and oxygen atoms in total. The quantitative estimate of drug-likeness (QED) is 0.406. The molecule has 2 fully saturated rings. The van der Waals surface area contributed by atoms with Crippen LogP contribution in [0, 0.1) is 0 Å². The number of aliphatic imine (C=N–C) groups is 1.